The molecule has 0 amide bonds. The van der Waals surface area contributed by atoms with E-state index in [9.17, 15) is 8.78 Å². The number of rotatable bonds is 5. The molecule has 1 heterocycles. The smallest absolute Gasteiger partial charge is 0.174 e. The van der Waals surface area contributed by atoms with Crippen molar-refractivity contribution in [3.63, 3.8) is 0 Å². The monoisotopic (exact) mass is 477 g/mol. The lowest BCUT2D eigenvalue weighted by Crippen LogP contribution is -2.19. The Labute approximate surface area is 180 Å². The van der Waals surface area contributed by atoms with Crippen LogP contribution in [0.3, 0.4) is 0 Å². The van der Waals surface area contributed by atoms with Crippen LogP contribution in [0.2, 0.25) is 5.02 Å². The Morgan fingerprint density at radius 1 is 1.24 bits per heavy atom. The predicted molar refractivity (Wildman–Crippen MR) is 110 cm³/mol. The molecular formula is C21H15BrClF2N3O. The maximum absolute atomic E-state index is 14.1. The topological polar surface area (TPSA) is 71.9 Å². The third kappa shape index (κ3) is 4.91. The van der Waals surface area contributed by atoms with Crippen LogP contribution in [0.5, 0.6) is 5.75 Å². The van der Waals surface area contributed by atoms with E-state index >= 15 is 0 Å². The first-order valence-electron chi connectivity index (χ1n) is 8.49. The molecule has 0 spiro atoms. The number of aromatic nitrogens is 1. The van der Waals surface area contributed by atoms with Gasteiger partial charge in [-0.25, -0.2) is 8.78 Å². The van der Waals surface area contributed by atoms with Crippen LogP contribution < -0.4 is 10.5 Å². The van der Waals surface area contributed by atoms with Gasteiger partial charge in [-0.05, 0) is 52.7 Å². The lowest BCUT2D eigenvalue weighted by atomic mass is 10.0. The zero-order chi connectivity index (χ0) is 21.1. The molecule has 8 heteroatoms. The van der Waals surface area contributed by atoms with Gasteiger partial charge in [0, 0.05) is 40.0 Å². The second-order valence-corrected chi connectivity index (χ2v) is 7.68. The number of nitriles is 1. The fourth-order valence-electron chi connectivity index (χ4n) is 2.76. The van der Waals surface area contributed by atoms with Crippen molar-refractivity contribution >= 4 is 27.5 Å². The summed E-state index contributed by atoms with van der Waals surface area (Å²) in [7, 11) is 0. The lowest BCUT2D eigenvalue weighted by molar-refractivity contribution is 0.211. The maximum atomic E-state index is 14.1. The van der Waals surface area contributed by atoms with Crippen molar-refractivity contribution in [3.05, 3.63) is 91.7 Å². The largest absolute Gasteiger partial charge is 0.471 e. The molecule has 1 unspecified atom stereocenters. The first kappa shape index (κ1) is 21.2. The molecule has 3 rings (SSSR count). The van der Waals surface area contributed by atoms with Gasteiger partial charge < -0.3 is 4.74 Å². The van der Waals surface area contributed by atoms with Gasteiger partial charge in [-0.15, -0.1) is 0 Å². The van der Waals surface area contributed by atoms with E-state index in [2.05, 4.69) is 20.9 Å². The van der Waals surface area contributed by atoms with E-state index in [0.29, 0.717) is 11.1 Å². The molecule has 0 radical (unpaired) electrons. The van der Waals surface area contributed by atoms with Gasteiger partial charge in [0.1, 0.15) is 23.5 Å². The Morgan fingerprint density at radius 2 is 2.00 bits per heavy atom. The van der Waals surface area contributed by atoms with Crippen molar-refractivity contribution in [2.24, 2.45) is 5.73 Å². The summed E-state index contributed by atoms with van der Waals surface area (Å²) in [6.45, 7) is 1.89. The zero-order valence-corrected chi connectivity index (χ0v) is 17.6. The van der Waals surface area contributed by atoms with Crippen molar-refractivity contribution in [2.75, 3.05) is 0 Å². The quantitative estimate of drug-likeness (QED) is 0.486. The molecule has 1 atom stereocenters. The van der Waals surface area contributed by atoms with Crippen molar-refractivity contribution in [2.45, 2.75) is 19.6 Å². The van der Waals surface area contributed by atoms with Crippen molar-refractivity contribution in [1.29, 1.82) is 5.26 Å². The molecule has 0 aliphatic carbocycles. The van der Waals surface area contributed by atoms with E-state index in [4.69, 9.17) is 27.3 Å². The summed E-state index contributed by atoms with van der Waals surface area (Å²) < 4.78 is 34.6. The van der Waals surface area contributed by atoms with Gasteiger partial charge in [-0.3, -0.25) is 10.7 Å². The van der Waals surface area contributed by atoms with Crippen LogP contribution in [0.1, 0.15) is 34.2 Å². The minimum atomic E-state index is -1.04. The van der Waals surface area contributed by atoms with Gasteiger partial charge in [0.2, 0.25) is 0 Å². The molecule has 0 bridgehead atoms. The Kier molecular flexibility index (Phi) is 6.48. The average molecular weight is 479 g/mol. The second kappa shape index (κ2) is 8.87. The fourth-order valence-corrected chi connectivity index (χ4v) is 3.36. The van der Waals surface area contributed by atoms with Crippen molar-refractivity contribution in [3.8, 4) is 11.8 Å². The Bertz CT molecular complexity index is 1120. The molecule has 0 aliphatic rings. The summed E-state index contributed by atoms with van der Waals surface area (Å²) >= 11 is 9.28. The Morgan fingerprint density at radius 3 is 2.66 bits per heavy atom. The third-order valence-corrected chi connectivity index (χ3v) is 5.03. The molecule has 0 saturated heterocycles. The highest BCUT2D eigenvalue weighted by Gasteiger charge is 2.17. The van der Waals surface area contributed by atoms with Crippen LogP contribution in [-0.4, -0.2) is 4.98 Å². The van der Waals surface area contributed by atoms with E-state index in [0.717, 1.165) is 21.8 Å². The molecule has 1 aromatic heterocycles. The number of ether oxygens (including phenoxy) is 1. The Hall–Kier alpha value is -2.53. The summed E-state index contributed by atoms with van der Waals surface area (Å²) in [6.07, 6.45) is 0.897. The highest BCUT2D eigenvalue weighted by Crippen LogP contribution is 2.31. The van der Waals surface area contributed by atoms with Crippen molar-refractivity contribution in [1.82, 2.24) is 4.98 Å². The number of halogens is 4. The van der Waals surface area contributed by atoms with Gasteiger partial charge in [-0.1, -0.05) is 17.7 Å². The number of benzene rings is 2. The molecule has 0 saturated carbocycles. The third-order valence-electron chi connectivity index (χ3n) is 4.31. The maximum Gasteiger partial charge on any atom is 0.174 e. The molecule has 0 aliphatic heterocycles. The van der Waals surface area contributed by atoms with Crippen molar-refractivity contribution < 1.29 is 13.5 Å². The zero-order valence-electron chi connectivity index (χ0n) is 15.2. The van der Waals surface area contributed by atoms with Gasteiger partial charge in [0.25, 0.3) is 0 Å². The van der Waals surface area contributed by atoms with Crippen LogP contribution >= 0.6 is 27.5 Å². The number of hydrogen-bond donors (Lipinski definition) is 1. The number of hydrogen-bond acceptors (Lipinski definition) is 4. The van der Waals surface area contributed by atoms with E-state index in [1.54, 1.807) is 12.3 Å². The summed E-state index contributed by atoms with van der Waals surface area (Å²) in [5, 5.41) is 8.72. The summed E-state index contributed by atoms with van der Waals surface area (Å²) in [6, 6.07) is 10.2. The van der Waals surface area contributed by atoms with Crippen LogP contribution in [0, 0.1) is 29.9 Å². The van der Waals surface area contributed by atoms with Crippen LogP contribution in [-0.2, 0) is 6.42 Å². The van der Waals surface area contributed by atoms with E-state index in [-0.39, 0.29) is 22.8 Å². The molecule has 4 nitrogen and oxygen atoms in total. The summed E-state index contributed by atoms with van der Waals surface area (Å²) in [5.41, 5.74) is 8.43. The predicted octanol–water partition coefficient (Wildman–Crippen LogP) is 5.58. The highest BCUT2D eigenvalue weighted by molar-refractivity contribution is 9.10. The molecule has 148 valence electrons. The molecule has 2 N–H and O–H groups in total. The average Bonchev–Trinajstić information content (AvgIpc) is 2.67. The van der Waals surface area contributed by atoms with E-state index in [1.807, 2.05) is 13.0 Å². The molecule has 3 aromatic rings. The highest BCUT2D eigenvalue weighted by atomic mass is 79.9. The minimum absolute atomic E-state index is 0.0942. The lowest BCUT2D eigenvalue weighted by Gasteiger charge is -2.19. The number of aryl methyl sites for hydroxylation is 1. The number of nitrogens with two attached hydrogens (primary N) is 1. The molecule has 0 fully saturated rings. The molecule has 29 heavy (non-hydrogen) atoms. The normalized spacial score (nSPS) is 11.8. The van der Waals surface area contributed by atoms with Gasteiger partial charge >= 0.3 is 0 Å². The van der Waals surface area contributed by atoms with Crippen LogP contribution in [0.25, 0.3) is 0 Å². The van der Waals surface area contributed by atoms with E-state index < -0.39 is 17.9 Å². The van der Waals surface area contributed by atoms with Gasteiger partial charge in [0.05, 0.1) is 10.6 Å². The Balaban J connectivity index is 1.93. The van der Waals surface area contributed by atoms with E-state index in [1.165, 1.54) is 24.3 Å². The fraction of sp³-hybridized carbons (Fsp3) is 0.143. The van der Waals surface area contributed by atoms with Gasteiger partial charge in [-0.2, -0.15) is 5.26 Å². The molecular weight excluding hydrogens is 464 g/mol. The van der Waals surface area contributed by atoms with Crippen LogP contribution in [0.4, 0.5) is 8.78 Å². The van der Waals surface area contributed by atoms with Crippen LogP contribution in [0.15, 0.2) is 47.1 Å². The summed E-state index contributed by atoms with van der Waals surface area (Å²) in [5.74, 6) is -1.03. The standard InChI is InChI=1S/C21H15BrClF2N3O/c1-11-4-15(22)10-28-19(11)7-14-6-18(25)16(23)8-20(14)29-21(27)12-2-3-13(9-26)17(24)5-12/h2-6,8,10,21H,7,27H2,1H3. The van der Waals surface area contributed by atoms with Gasteiger partial charge in [0.15, 0.2) is 6.23 Å². The SMILES string of the molecule is Cc1cc(Br)cnc1Cc1cc(F)c(Cl)cc1OC(N)c1ccc(C#N)c(F)c1. The molecule has 2 aromatic carbocycles. The first-order chi connectivity index (χ1) is 13.8. The minimum Gasteiger partial charge on any atom is -0.471 e. The number of nitrogens with zero attached hydrogens (tertiary/aromatic N) is 2. The second-order valence-electron chi connectivity index (χ2n) is 6.36. The first-order valence-corrected chi connectivity index (χ1v) is 9.66. The summed E-state index contributed by atoms with van der Waals surface area (Å²) in [4.78, 5) is 4.36. The number of pyridine rings is 1.